The van der Waals surface area contributed by atoms with Gasteiger partial charge in [-0.3, -0.25) is 4.90 Å². The topological polar surface area (TPSA) is 29.3 Å². The smallest absolute Gasteiger partial charge is 0.127 e. The van der Waals surface area contributed by atoms with E-state index in [2.05, 4.69) is 11.0 Å². The predicted molar refractivity (Wildman–Crippen MR) is 81.9 cm³/mol. The minimum Gasteiger partial charge on any atom is -0.398 e. The van der Waals surface area contributed by atoms with Crippen molar-refractivity contribution in [2.45, 2.75) is 26.4 Å². The first-order valence-corrected chi connectivity index (χ1v) is 6.78. The number of nitrogens with zero attached hydrogens (tertiary/aromatic N) is 1. The third-order valence-corrected chi connectivity index (χ3v) is 3.73. The summed E-state index contributed by atoms with van der Waals surface area (Å²) in [5, 5.41) is 0. The van der Waals surface area contributed by atoms with Crippen molar-refractivity contribution in [2.75, 3.05) is 12.8 Å². The highest BCUT2D eigenvalue weighted by Gasteiger charge is 2.16. The molecule has 106 valence electrons. The molecular formula is C17H21FN2. The summed E-state index contributed by atoms with van der Waals surface area (Å²) in [4.78, 5) is 2.10. The summed E-state index contributed by atoms with van der Waals surface area (Å²) in [6.45, 7) is 4.75. The molecule has 0 aliphatic heterocycles. The largest absolute Gasteiger partial charge is 0.398 e. The van der Waals surface area contributed by atoms with Gasteiger partial charge in [0.2, 0.25) is 0 Å². The first kappa shape index (κ1) is 14.5. The summed E-state index contributed by atoms with van der Waals surface area (Å²) < 4.78 is 13.8. The van der Waals surface area contributed by atoms with E-state index in [1.54, 1.807) is 6.07 Å². The minimum absolute atomic E-state index is 0.00360. The molecule has 0 aromatic heterocycles. The number of rotatable bonds is 4. The van der Waals surface area contributed by atoms with Crippen molar-refractivity contribution < 1.29 is 4.39 Å². The van der Waals surface area contributed by atoms with Crippen LogP contribution in [0.25, 0.3) is 0 Å². The summed E-state index contributed by atoms with van der Waals surface area (Å²) in [6.07, 6.45) is 0. The van der Waals surface area contributed by atoms with E-state index in [0.29, 0.717) is 12.1 Å². The Morgan fingerprint density at radius 2 is 1.90 bits per heavy atom. The van der Waals surface area contributed by atoms with Gasteiger partial charge in [0, 0.05) is 23.8 Å². The van der Waals surface area contributed by atoms with Crippen LogP contribution in [0.4, 0.5) is 10.1 Å². The van der Waals surface area contributed by atoms with Crippen LogP contribution in [0.15, 0.2) is 42.5 Å². The summed E-state index contributed by atoms with van der Waals surface area (Å²) >= 11 is 0. The fourth-order valence-corrected chi connectivity index (χ4v) is 2.33. The molecule has 20 heavy (non-hydrogen) atoms. The maximum Gasteiger partial charge on any atom is 0.127 e. The molecule has 0 radical (unpaired) electrons. The Balaban J connectivity index is 2.17. The lowest BCUT2D eigenvalue weighted by molar-refractivity contribution is 0.248. The Morgan fingerprint density at radius 3 is 2.60 bits per heavy atom. The van der Waals surface area contributed by atoms with Crippen LogP contribution in [-0.2, 0) is 6.54 Å². The summed E-state index contributed by atoms with van der Waals surface area (Å²) in [6, 6.07) is 12.9. The number of nitrogen functional groups attached to an aromatic ring is 1. The molecule has 0 saturated carbocycles. The van der Waals surface area contributed by atoms with Gasteiger partial charge in [-0.15, -0.1) is 0 Å². The summed E-state index contributed by atoms with van der Waals surface area (Å²) in [7, 11) is 1.98. The zero-order valence-corrected chi connectivity index (χ0v) is 12.2. The second-order valence-electron chi connectivity index (χ2n) is 5.31. The molecule has 0 bridgehead atoms. The molecule has 0 spiro atoms. The van der Waals surface area contributed by atoms with E-state index >= 15 is 0 Å². The van der Waals surface area contributed by atoms with Crippen LogP contribution in [-0.4, -0.2) is 11.9 Å². The van der Waals surface area contributed by atoms with Crippen molar-refractivity contribution >= 4 is 5.69 Å². The Hall–Kier alpha value is -1.87. The fourth-order valence-electron chi connectivity index (χ4n) is 2.33. The number of hydrogen-bond acceptors (Lipinski definition) is 2. The number of hydrogen-bond donors (Lipinski definition) is 1. The van der Waals surface area contributed by atoms with Gasteiger partial charge in [0.25, 0.3) is 0 Å². The molecule has 0 heterocycles. The van der Waals surface area contributed by atoms with Crippen molar-refractivity contribution in [3.63, 3.8) is 0 Å². The quantitative estimate of drug-likeness (QED) is 0.855. The van der Waals surface area contributed by atoms with E-state index < -0.39 is 0 Å². The zero-order valence-electron chi connectivity index (χ0n) is 12.2. The maximum atomic E-state index is 13.8. The third kappa shape index (κ3) is 3.17. The van der Waals surface area contributed by atoms with Gasteiger partial charge in [-0.25, -0.2) is 4.39 Å². The van der Waals surface area contributed by atoms with Crippen molar-refractivity contribution in [2.24, 2.45) is 0 Å². The highest BCUT2D eigenvalue weighted by atomic mass is 19.1. The molecule has 2 rings (SSSR count). The molecule has 1 unspecified atom stereocenters. The second kappa shape index (κ2) is 6.06. The van der Waals surface area contributed by atoms with Crippen LogP contribution in [0, 0.1) is 12.7 Å². The van der Waals surface area contributed by atoms with Gasteiger partial charge >= 0.3 is 0 Å². The summed E-state index contributed by atoms with van der Waals surface area (Å²) in [5.41, 5.74) is 9.76. The number of nitrogens with two attached hydrogens (primary N) is 1. The van der Waals surface area contributed by atoms with Crippen molar-refractivity contribution in [1.82, 2.24) is 4.90 Å². The number of anilines is 1. The molecule has 2 N–H and O–H groups in total. The molecule has 0 fully saturated rings. The van der Waals surface area contributed by atoms with Gasteiger partial charge in [0.05, 0.1) is 0 Å². The Morgan fingerprint density at radius 1 is 1.20 bits per heavy atom. The maximum absolute atomic E-state index is 13.8. The van der Waals surface area contributed by atoms with Crippen LogP contribution >= 0.6 is 0 Å². The molecule has 1 atom stereocenters. The lowest BCUT2D eigenvalue weighted by atomic mass is 10.0. The number of halogens is 1. The van der Waals surface area contributed by atoms with Gasteiger partial charge in [0.1, 0.15) is 5.82 Å². The molecular weight excluding hydrogens is 251 g/mol. The van der Waals surface area contributed by atoms with Crippen LogP contribution < -0.4 is 5.73 Å². The van der Waals surface area contributed by atoms with Crippen molar-refractivity contribution in [3.8, 4) is 0 Å². The Labute approximate surface area is 120 Å². The number of aryl methyl sites for hydroxylation is 1. The van der Waals surface area contributed by atoms with Gasteiger partial charge in [-0.1, -0.05) is 35.9 Å². The average molecular weight is 272 g/mol. The Kier molecular flexibility index (Phi) is 4.40. The SMILES string of the molecule is Cc1ccc(N)c(CN(C)C(C)c2ccccc2F)c1. The van der Waals surface area contributed by atoms with Crippen molar-refractivity contribution in [3.05, 3.63) is 65.0 Å². The lowest BCUT2D eigenvalue weighted by Crippen LogP contribution is -2.23. The normalized spacial score (nSPS) is 12.7. The first-order valence-electron chi connectivity index (χ1n) is 6.78. The van der Waals surface area contributed by atoms with Crippen LogP contribution in [0.1, 0.15) is 29.7 Å². The molecule has 0 amide bonds. The minimum atomic E-state index is -0.163. The third-order valence-electron chi connectivity index (χ3n) is 3.73. The highest BCUT2D eigenvalue weighted by Crippen LogP contribution is 2.24. The zero-order chi connectivity index (χ0) is 14.7. The molecule has 2 aromatic carbocycles. The molecule has 0 saturated heterocycles. The van der Waals surface area contributed by atoms with Gasteiger partial charge in [-0.05, 0) is 38.6 Å². The summed E-state index contributed by atoms with van der Waals surface area (Å²) in [5.74, 6) is -0.163. The first-order chi connectivity index (χ1) is 9.49. The molecule has 0 aliphatic carbocycles. The molecule has 3 heteroatoms. The van der Waals surface area contributed by atoms with E-state index in [9.17, 15) is 4.39 Å². The van der Waals surface area contributed by atoms with Crippen LogP contribution in [0.5, 0.6) is 0 Å². The van der Waals surface area contributed by atoms with E-state index in [1.807, 2.05) is 45.2 Å². The second-order valence-corrected chi connectivity index (χ2v) is 5.31. The molecule has 0 aliphatic rings. The monoisotopic (exact) mass is 272 g/mol. The van der Waals surface area contributed by atoms with E-state index in [1.165, 1.54) is 11.6 Å². The van der Waals surface area contributed by atoms with Gasteiger partial charge in [-0.2, -0.15) is 0 Å². The van der Waals surface area contributed by atoms with Gasteiger partial charge in [0.15, 0.2) is 0 Å². The lowest BCUT2D eigenvalue weighted by Gasteiger charge is -2.26. The van der Waals surface area contributed by atoms with Gasteiger partial charge < -0.3 is 5.73 Å². The Bertz CT molecular complexity index is 595. The van der Waals surface area contributed by atoms with E-state index in [-0.39, 0.29) is 11.9 Å². The molecule has 2 aromatic rings. The molecule has 2 nitrogen and oxygen atoms in total. The fraction of sp³-hybridized carbons (Fsp3) is 0.294. The average Bonchev–Trinajstić information content (AvgIpc) is 2.42. The van der Waals surface area contributed by atoms with Crippen molar-refractivity contribution in [1.29, 1.82) is 0 Å². The standard InChI is InChI=1S/C17H21FN2/c1-12-8-9-17(19)14(10-12)11-20(3)13(2)15-6-4-5-7-16(15)18/h4-10,13H,11,19H2,1-3H3. The highest BCUT2D eigenvalue weighted by molar-refractivity contribution is 5.48. The van der Waals surface area contributed by atoms with Crippen LogP contribution in [0.3, 0.4) is 0 Å². The van der Waals surface area contributed by atoms with E-state index in [4.69, 9.17) is 5.73 Å². The number of benzene rings is 2. The van der Waals surface area contributed by atoms with E-state index in [0.717, 1.165) is 11.3 Å². The van der Waals surface area contributed by atoms with Crippen LogP contribution in [0.2, 0.25) is 0 Å². The predicted octanol–water partition coefficient (Wildman–Crippen LogP) is 3.91.